The van der Waals surface area contributed by atoms with E-state index < -0.39 is 11.0 Å². The van der Waals surface area contributed by atoms with E-state index in [1.54, 1.807) is 24.1 Å². The van der Waals surface area contributed by atoms with Gasteiger partial charge in [-0.2, -0.15) is 0 Å². The Morgan fingerprint density at radius 3 is 2.18 bits per heavy atom. The number of nitrogens with zero attached hydrogens (tertiary/aromatic N) is 3. The van der Waals surface area contributed by atoms with Crippen LogP contribution in [-0.4, -0.2) is 41.0 Å². The third kappa shape index (κ3) is 6.25. The molecule has 8 heteroatoms. The summed E-state index contributed by atoms with van der Waals surface area (Å²) < 4.78 is 11.2. The maximum atomic E-state index is 14.1. The Labute approximate surface area is 223 Å². The number of nitro groups is 1. The van der Waals surface area contributed by atoms with Crippen molar-refractivity contribution < 1.29 is 19.2 Å². The Kier molecular flexibility index (Phi) is 7.90. The molecule has 0 radical (unpaired) electrons. The number of methoxy groups -OCH3 is 1. The van der Waals surface area contributed by atoms with Gasteiger partial charge in [0, 0.05) is 49.4 Å². The molecule has 0 N–H and O–H groups in total. The minimum atomic E-state index is -0.463. The second-order valence-corrected chi connectivity index (χ2v) is 10.5. The number of amides is 1. The van der Waals surface area contributed by atoms with Crippen molar-refractivity contribution in [3.63, 3.8) is 0 Å². The molecule has 0 aliphatic carbocycles. The van der Waals surface area contributed by atoms with Gasteiger partial charge in [-0.25, -0.2) is 0 Å². The van der Waals surface area contributed by atoms with Crippen LogP contribution in [-0.2, 0) is 24.3 Å². The molecule has 0 saturated carbocycles. The van der Waals surface area contributed by atoms with Crippen molar-refractivity contribution in [2.45, 2.75) is 58.8 Å². The molecule has 1 amide bonds. The van der Waals surface area contributed by atoms with Gasteiger partial charge in [-0.15, -0.1) is 0 Å². The second-order valence-electron chi connectivity index (χ2n) is 10.5. The number of likely N-dealkylation sites (N-methyl/N-ethyl adjacent to an activating group) is 1. The van der Waals surface area contributed by atoms with Gasteiger partial charge < -0.3 is 19.3 Å². The van der Waals surface area contributed by atoms with Crippen LogP contribution in [0.2, 0.25) is 0 Å². The highest BCUT2D eigenvalue weighted by Gasteiger charge is 2.35. The first-order valence-corrected chi connectivity index (χ1v) is 12.8. The van der Waals surface area contributed by atoms with Crippen LogP contribution in [0.15, 0.2) is 66.7 Å². The first-order chi connectivity index (χ1) is 18.1. The van der Waals surface area contributed by atoms with Crippen LogP contribution < -0.4 is 14.4 Å². The number of hydrogen-bond acceptors (Lipinski definition) is 6. The van der Waals surface area contributed by atoms with Crippen LogP contribution in [0.25, 0.3) is 0 Å². The Morgan fingerprint density at radius 1 is 0.974 bits per heavy atom. The monoisotopic (exact) mass is 517 g/mol. The molecule has 0 aromatic heterocycles. The van der Waals surface area contributed by atoms with Gasteiger partial charge in [-0.05, 0) is 69.2 Å². The van der Waals surface area contributed by atoms with Crippen LogP contribution in [0.3, 0.4) is 0 Å². The summed E-state index contributed by atoms with van der Waals surface area (Å²) >= 11 is 0. The standard InChI is InChI=1S/C30H35N3O5/c1-6-32-27-16-11-24(33(35)36)18-23(27)20-31(19-22-9-12-25(37-5)13-10-22)29(34)28(32)17-21-7-14-26(15-8-21)38-30(2,3)4/h7-16,18,28H,6,17,19-20H2,1-5H3/t28-/m0/s1. The van der Waals surface area contributed by atoms with E-state index in [1.165, 1.54) is 6.07 Å². The number of nitro benzene ring substituents is 1. The molecule has 0 fully saturated rings. The molecule has 1 heterocycles. The summed E-state index contributed by atoms with van der Waals surface area (Å²) in [5, 5.41) is 11.5. The number of rotatable bonds is 8. The Hall–Kier alpha value is -4.07. The van der Waals surface area contributed by atoms with E-state index in [9.17, 15) is 14.9 Å². The van der Waals surface area contributed by atoms with Crippen molar-refractivity contribution in [2.75, 3.05) is 18.6 Å². The van der Waals surface area contributed by atoms with Gasteiger partial charge in [0.2, 0.25) is 5.91 Å². The van der Waals surface area contributed by atoms with E-state index in [-0.39, 0.29) is 23.7 Å². The predicted octanol–water partition coefficient (Wildman–Crippen LogP) is 5.76. The highest BCUT2D eigenvalue weighted by atomic mass is 16.6. The van der Waals surface area contributed by atoms with Crippen molar-refractivity contribution in [1.29, 1.82) is 0 Å². The lowest BCUT2D eigenvalue weighted by molar-refractivity contribution is -0.384. The summed E-state index contributed by atoms with van der Waals surface area (Å²) in [6.07, 6.45) is 0.498. The fraction of sp³-hybridized carbons (Fsp3) is 0.367. The molecule has 8 nitrogen and oxygen atoms in total. The fourth-order valence-corrected chi connectivity index (χ4v) is 4.83. The third-order valence-corrected chi connectivity index (χ3v) is 6.57. The van der Waals surface area contributed by atoms with E-state index in [0.717, 1.165) is 33.9 Å². The maximum absolute atomic E-state index is 14.1. The van der Waals surface area contributed by atoms with Gasteiger partial charge >= 0.3 is 0 Å². The molecular formula is C30H35N3O5. The van der Waals surface area contributed by atoms with Gasteiger partial charge in [-0.1, -0.05) is 24.3 Å². The minimum absolute atomic E-state index is 0.0171. The van der Waals surface area contributed by atoms with Crippen LogP contribution in [0, 0.1) is 10.1 Å². The smallest absolute Gasteiger partial charge is 0.269 e. The van der Waals surface area contributed by atoms with Crippen molar-refractivity contribution in [2.24, 2.45) is 0 Å². The lowest BCUT2D eigenvalue weighted by atomic mass is 10.0. The first kappa shape index (κ1) is 27.0. The summed E-state index contributed by atoms with van der Waals surface area (Å²) in [6.45, 7) is 9.27. The van der Waals surface area contributed by atoms with Gasteiger partial charge in [0.15, 0.2) is 0 Å². The molecule has 1 aliphatic heterocycles. The number of anilines is 1. The molecule has 0 spiro atoms. The normalized spacial score (nSPS) is 15.6. The highest BCUT2D eigenvalue weighted by molar-refractivity contribution is 5.87. The van der Waals surface area contributed by atoms with Gasteiger partial charge in [0.25, 0.3) is 5.69 Å². The number of benzene rings is 3. The summed E-state index contributed by atoms with van der Waals surface area (Å²) in [7, 11) is 1.61. The number of hydrogen-bond donors (Lipinski definition) is 0. The van der Waals surface area contributed by atoms with Crippen molar-refractivity contribution in [3.05, 3.63) is 93.5 Å². The molecule has 0 saturated heterocycles. The zero-order chi connectivity index (χ0) is 27.4. The predicted molar refractivity (Wildman–Crippen MR) is 148 cm³/mol. The molecule has 4 rings (SSSR count). The first-order valence-electron chi connectivity index (χ1n) is 12.8. The molecule has 1 aliphatic rings. The SMILES string of the molecule is CCN1c2ccc([N+](=O)[O-])cc2CN(Cc2ccc(OC)cc2)C(=O)[C@@H]1Cc1ccc(OC(C)(C)C)cc1. The van der Waals surface area contributed by atoms with E-state index in [4.69, 9.17) is 9.47 Å². The largest absolute Gasteiger partial charge is 0.497 e. The van der Waals surface area contributed by atoms with Crippen LogP contribution in [0.4, 0.5) is 11.4 Å². The highest BCUT2D eigenvalue weighted by Crippen LogP contribution is 2.33. The average Bonchev–Trinajstić information content (AvgIpc) is 2.98. The molecule has 38 heavy (non-hydrogen) atoms. The summed E-state index contributed by atoms with van der Waals surface area (Å²) in [5.41, 5.74) is 3.30. The number of carbonyl (C=O) groups excluding carboxylic acids is 1. The summed E-state index contributed by atoms with van der Waals surface area (Å²) in [6, 6.07) is 19.9. The Balaban J connectivity index is 1.69. The second kappa shape index (κ2) is 11.1. The van der Waals surface area contributed by atoms with Gasteiger partial charge in [0.05, 0.1) is 12.0 Å². The Bertz CT molecular complexity index is 1280. The van der Waals surface area contributed by atoms with Gasteiger partial charge in [0.1, 0.15) is 23.1 Å². The van der Waals surface area contributed by atoms with E-state index >= 15 is 0 Å². The average molecular weight is 518 g/mol. The van der Waals surface area contributed by atoms with Crippen LogP contribution in [0.5, 0.6) is 11.5 Å². The minimum Gasteiger partial charge on any atom is -0.497 e. The molecule has 1 atom stereocenters. The topological polar surface area (TPSA) is 85.1 Å². The third-order valence-electron chi connectivity index (χ3n) is 6.57. The van der Waals surface area contributed by atoms with Gasteiger partial charge in [-0.3, -0.25) is 14.9 Å². The lowest BCUT2D eigenvalue weighted by Gasteiger charge is -2.32. The molecule has 0 bridgehead atoms. The number of fused-ring (bicyclic) bond motifs is 1. The summed E-state index contributed by atoms with van der Waals surface area (Å²) in [4.78, 5) is 29.1. The van der Waals surface area contributed by atoms with Crippen molar-refractivity contribution >= 4 is 17.3 Å². The fourth-order valence-electron chi connectivity index (χ4n) is 4.83. The summed E-state index contributed by atoms with van der Waals surface area (Å²) in [5.74, 6) is 1.50. The molecule has 3 aromatic carbocycles. The molecule has 200 valence electrons. The zero-order valence-corrected chi connectivity index (χ0v) is 22.6. The number of ether oxygens (including phenoxy) is 2. The van der Waals surface area contributed by atoms with E-state index in [2.05, 4.69) is 4.90 Å². The number of carbonyl (C=O) groups is 1. The Morgan fingerprint density at radius 2 is 1.61 bits per heavy atom. The zero-order valence-electron chi connectivity index (χ0n) is 22.6. The van der Waals surface area contributed by atoms with Crippen molar-refractivity contribution in [3.8, 4) is 11.5 Å². The van der Waals surface area contributed by atoms with E-state index in [0.29, 0.717) is 19.5 Å². The molecular weight excluding hydrogens is 482 g/mol. The number of non-ortho nitro benzene ring substituents is 1. The van der Waals surface area contributed by atoms with Crippen LogP contribution in [0.1, 0.15) is 44.4 Å². The molecule has 0 unspecified atom stereocenters. The quantitative estimate of drug-likeness (QED) is 0.279. The lowest BCUT2D eigenvalue weighted by Crippen LogP contribution is -2.47. The van der Waals surface area contributed by atoms with Crippen molar-refractivity contribution in [1.82, 2.24) is 4.90 Å². The molecule has 3 aromatic rings. The van der Waals surface area contributed by atoms with E-state index in [1.807, 2.05) is 76.2 Å². The maximum Gasteiger partial charge on any atom is 0.269 e. The van der Waals surface area contributed by atoms with Crippen LogP contribution >= 0.6 is 0 Å².